The van der Waals surface area contributed by atoms with Crippen LogP contribution in [-0.4, -0.2) is 61.7 Å². The van der Waals surface area contributed by atoms with Crippen LogP contribution in [0.2, 0.25) is 0 Å². The van der Waals surface area contributed by atoms with E-state index in [0.29, 0.717) is 49.1 Å². The lowest BCUT2D eigenvalue weighted by atomic mass is 10.1. The molecule has 9 heteroatoms. The molecule has 0 saturated carbocycles. The Labute approximate surface area is 196 Å². The van der Waals surface area contributed by atoms with E-state index in [1.54, 1.807) is 34.4 Å². The van der Waals surface area contributed by atoms with Gasteiger partial charge in [0.25, 0.3) is 11.8 Å². The largest absolute Gasteiger partial charge is 0.493 e. The molecule has 8 nitrogen and oxygen atoms in total. The number of nitrogens with zero attached hydrogens (tertiary/aromatic N) is 2. The Morgan fingerprint density at radius 3 is 2.55 bits per heavy atom. The van der Waals surface area contributed by atoms with E-state index in [9.17, 15) is 9.59 Å². The Kier molecular flexibility index (Phi) is 7.21. The molecule has 1 aliphatic heterocycles. The molecule has 1 N–H and O–H groups in total. The second-order valence-electron chi connectivity index (χ2n) is 7.43. The summed E-state index contributed by atoms with van der Waals surface area (Å²) < 4.78 is 16.3. The standard InChI is InChI=1S/C24H25N3O5S/c1-16-25-20(15-33-16)17-3-6-19(7-4-17)26-24(29)18-5-8-21(22(13-18)30-2)32-14-23(28)27-9-11-31-12-10-27/h3-8,13,15H,9-12,14H2,1-2H3,(H,26,29). The van der Waals surface area contributed by atoms with Gasteiger partial charge in [-0.3, -0.25) is 9.59 Å². The molecule has 0 bridgehead atoms. The lowest BCUT2D eigenvalue weighted by Gasteiger charge is -2.26. The zero-order valence-electron chi connectivity index (χ0n) is 18.5. The van der Waals surface area contributed by atoms with Crippen molar-refractivity contribution < 1.29 is 23.8 Å². The van der Waals surface area contributed by atoms with Gasteiger partial charge in [0.15, 0.2) is 18.1 Å². The lowest BCUT2D eigenvalue weighted by molar-refractivity contribution is -0.137. The molecule has 33 heavy (non-hydrogen) atoms. The van der Waals surface area contributed by atoms with Crippen LogP contribution >= 0.6 is 11.3 Å². The first kappa shape index (κ1) is 22.8. The first-order chi connectivity index (χ1) is 16.0. The Bertz CT molecular complexity index is 1120. The minimum atomic E-state index is -0.276. The summed E-state index contributed by atoms with van der Waals surface area (Å²) in [6.07, 6.45) is 0. The number of rotatable bonds is 7. The summed E-state index contributed by atoms with van der Waals surface area (Å²) in [6, 6.07) is 12.4. The van der Waals surface area contributed by atoms with Crippen molar-refractivity contribution >= 4 is 28.8 Å². The average Bonchev–Trinajstić information content (AvgIpc) is 3.29. The second-order valence-corrected chi connectivity index (χ2v) is 8.49. The minimum Gasteiger partial charge on any atom is -0.493 e. The van der Waals surface area contributed by atoms with E-state index in [1.807, 2.05) is 36.6 Å². The smallest absolute Gasteiger partial charge is 0.260 e. The van der Waals surface area contributed by atoms with E-state index in [1.165, 1.54) is 7.11 Å². The summed E-state index contributed by atoms with van der Waals surface area (Å²) >= 11 is 1.60. The molecule has 2 heterocycles. The Hall–Kier alpha value is -3.43. The molecule has 1 aliphatic rings. The number of amides is 2. The van der Waals surface area contributed by atoms with E-state index in [4.69, 9.17) is 14.2 Å². The molecule has 2 amide bonds. The summed E-state index contributed by atoms with van der Waals surface area (Å²) in [5.74, 6) is 0.394. The van der Waals surface area contributed by atoms with Crippen molar-refractivity contribution in [1.82, 2.24) is 9.88 Å². The molecule has 1 aromatic heterocycles. The molecule has 1 saturated heterocycles. The maximum absolute atomic E-state index is 12.7. The fraction of sp³-hybridized carbons (Fsp3) is 0.292. The number of ether oxygens (including phenoxy) is 3. The molecule has 0 radical (unpaired) electrons. The van der Waals surface area contributed by atoms with E-state index in [2.05, 4.69) is 10.3 Å². The van der Waals surface area contributed by atoms with Gasteiger partial charge in [0.05, 0.1) is 31.0 Å². The summed E-state index contributed by atoms with van der Waals surface area (Å²) in [4.78, 5) is 31.2. The van der Waals surface area contributed by atoms with Gasteiger partial charge in [-0.05, 0) is 37.3 Å². The first-order valence-corrected chi connectivity index (χ1v) is 11.4. The monoisotopic (exact) mass is 467 g/mol. The van der Waals surface area contributed by atoms with Crippen LogP contribution in [0.25, 0.3) is 11.3 Å². The highest BCUT2D eigenvalue weighted by Crippen LogP contribution is 2.29. The second kappa shape index (κ2) is 10.5. The number of nitrogens with one attached hydrogen (secondary N) is 1. The highest BCUT2D eigenvalue weighted by Gasteiger charge is 2.18. The highest BCUT2D eigenvalue weighted by atomic mass is 32.1. The predicted octanol–water partition coefficient (Wildman–Crippen LogP) is 3.62. The number of benzene rings is 2. The molecule has 1 fully saturated rings. The van der Waals surface area contributed by atoms with E-state index >= 15 is 0 Å². The maximum Gasteiger partial charge on any atom is 0.260 e. The molecule has 2 aromatic carbocycles. The number of methoxy groups -OCH3 is 1. The normalized spacial score (nSPS) is 13.5. The van der Waals surface area contributed by atoms with Crippen LogP contribution in [0.5, 0.6) is 11.5 Å². The van der Waals surface area contributed by atoms with Gasteiger partial charge in [-0.2, -0.15) is 0 Å². The summed E-state index contributed by atoms with van der Waals surface area (Å²) in [6.45, 7) is 4.05. The average molecular weight is 468 g/mol. The van der Waals surface area contributed by atoms with Crippen molar-refractivity contribution in [3.05, 3.63) is 58.4 Å². The molecular formula is C24H25N3O5S. The predicted molar refractivity (Wildman–Crippen MR) is 126 cm³/mol. The zero-order valence-corrected chi connectivity index (χ0v) is 19.3. The number of morpholine rings is 1. The maximum atomic E-state index is 12.7. The number of aryl methyl sites for hydroxylation is 1. The number of anilines is 1. The van der Waals surface area contributed by atoms with Crippen LogP contribution in [0.3, 0.4) is 0 Å². The lowest BCUT2D eigenvalue weighted by Crippen LogP contribution is -2.43. The van der Waals surface area contributed by atoms with E-state index < -0.39 is 0 Å². The van der Waals surface area contributed by atoms with Gasteiger partial charge in [0.1, 0.15) is 0 Å². The molecule has 0 atom stereocenters. The van der Waals surface area contributed by atoms with Crippen LogP contribution in [0.1, 0.15) is 15.4 Å². The van der Waals surface area contributed by atoms with Crippen LogP contribution in [-0.2, 0) is 9.53 Å². The molecular weight excluding hydrogens is 442 g/mol. The minimum absolute atomic E-state index is 0.104. The SMILES string of the molecule is COc1cc(C(=O)Nc2ccc(-c3csc(C)n3)cc2)ccc1OCC(=O)N1CCOCC1. The number of aromatic nitrogens is 1. The van der Waals surface area contributed by atoms with Crippen LogP contribution in [0.15, 0.2) is 47.8 Å². The molecule has 0 unspecified atom stereocenters. The molecule has 0 spiro atoms. The first-order valence-electron chi connectivity index (χ1n) is 10.5. The zero-order chi connectivity index (χ0) is 23.2. The van der Waals surface area contributed by atoms with E-state index in [-0.39, 0.29) is 18.4 Å². The molecule has 4 rings (SSSR count). The van der Waals surface area contributed by atoms with Gasteiger partial charge in [-0.15, -0.1) is 11.3 Å². The van der Waals surface area contributed by atoms with Gasteiger partial charge in [-0.1, -0.05) is 12.1 Å². The Balaban J connectivity index is 1.38. The van der Waals surface area contributed by atoms with Gasteiger partial charge in [0.2, 0.25) is 0 Å². The molecule has 0 aliphatic carbocycles. The Morgan fingerprint density at radius 2 is 1.88 bits per heavy atom. The van der Waals surface area contributed by atoms with Gasteiger partial charge in [-0.25, -0.2) is 4.98 Å². The topological polar surface area (TPSA) is 90.0 Å². The Morgan fingerprint density at radius 1 is 1.12 bits per heavy atom. The number of carbonyl (C=O) groups excluding carboxylic acids is 2. The number of carbonyl (C=O) groups is 2. The number of thiazole rings is 1. The summed E-state index contributed by atoms with van der Waals surface area (Å²) in [5, 5.41) is 5.90. The van der Waals surface area contributed by atoms with Crippen molar-refractivity contribution in [2.75, 3.05) is 45.3 Å². The number of hydrogen-bond acceptors (Lipinski definition) is 7. The van der Waals surface area contributed by atoms with Crippen molar-refractivity contribution in [1.29, 1.82) is 0 Å². The van der Waals surface area contributed by atoms with Crippen LogP contribution in [0.4, 0.5) is 5.69 Å². The fourth-order valence-corrected chi connectivity index (χ4v) is 4.02. The molecule has 3 aromatic rings. The third-order valence-corrected chi connectivity index (χ3v) is 5.97. The third-order valence-electron chi connectivity index (χ3n) is 5.20. The van der Waals surface area contributed by atoms with Gasteiger partial charge >= 0.3 is 0 Å². The van der Waals surface area contributed by atoms with Crippen molar-refractivity contribution in [3.63, 3.8) is 0 Å². The van der Waals surface area contributed by atoms with Crippen molar-refractivity contribution in [3.8, 4) is 22.8 Å². The third kappa shape index (κ3) is 5.68. The quantitative estimate of drug-likeness (QED) is 0.571. The highest BCUT2D eigenvalue weighted by molar-refractivity contribution is 7.09. The van der Waals surface area contributed by atoms with Crippen LogP contribution < -0.4 is 14.8 Å². The summed E-state index contributed by atoms with van der Waals surface area (Å²) in [7, 11) is 1.49. The van der Waals surface area contributed by atoms with E-state index in [0.717, 1.165) is 16.3 Å². The summed E-state index contributed by atoms with van der Waals surface area (Å²) in [5.41, 5.74) is 3.00. The fourth-order valence-electron chi connectivity index (χ4n) is 3.40. The van der Waals surface area contributed by atoms with Gasteiger partial charge < -0.3 is 24.4 Å². The number of hydrogen-bond donors (Lipinski definition) is 1. The van der Waals surface area contributed by atoms with Crippen molar-refractivity contribution in [2.45, 2.75) is 6.92 Å². The van der Waals surface area contributed by atoms with Crippen LogP contribution in [0, 0.1) is 6.92 Å². The molecule has 172 valence electrons. The van der Waals surface area contributed by atoms with Gasteiger partial charge in [0, 0.05) is 35.3 Å². The van der Waals surface area contributed by atoms with Crippen molar-refractivity contribution in [2.24, 2.45) is 0 Å².